The van der Waals surface area contributed by atoms with Gasteiger partial charge in [0.2, 0.25) is 0 Å². The first-order chi connectivity index (χ1) is 20.3. The summed E-state index contributed by atoms with van der Waals surface area (Å²) in [7, 11) is 1.73. The predicted octanol–water partition coefficient (Wildman–Crippen LogP) is 5.45. The molecule has 42 heavy (non-hydrogen) atoms. The summed E-state index contributed by atoms with van der Waals surface area (Å²) >= 11 is 6.24. The Bertz CT molecular complexity index is 1560. The van der Waals surface area contributed by atoms with E-state index in [1.54, 1.807) is 19.3 Å². The molecule has 3 aromatic rings. The fourth-order valence-corrected chi connectivity index (χ4v) is 7.72. The van der Waals surface area contributed by atoms with Gasteiger partial charge in [-0.05, 0) is 56.9 Å². The van der Waals surface area contributed by atoms with Crippen LogP contribution in [0.2, 0.25) is 5.02 Å². The Balaban J connectivity index is 1.39. The maximum Gasteiger partial charge on any atom is 0.319 e. The molecule has 4 fully saturated rings. The molecule has 0 radical (unpaired) electrons. The third-order valence-electron chi connectivity index (χ3n) is 9.48. The lowest BCUT2D eigenvalue weighted by Gasteiger charge is -2.35. The normalized spacial score (nSPS) is 27.1. The minimum absolute atomic E-state index is 0.00496. The van der Waals surface area contributed by atoms with Crippen LogP contribution in [0.1, 0.15) is 44.6 Å². The maximum absolute atomic E-state index is 15.6. The zero-order valence-electron chi connectivity index (χ0n) is 24.0. The van der Waals surface area contributed by atoms with Crippen molar-refractivity contribution in [3.8, 4) is 17.3 Å². The highest BCUT2D eigenvalue weighted by Gasteiger charge is 2.49. The highest BCUT2D eigenvalue weighted by molar-refractivity contribution is 6.31. The molecule has 4 aliphatic heterocycles. The van der Waals surface area contributed by atoms with Crippen LogP contribution >= 0.6 is 11.6 Å². The van der Waals surface area contributed by atoms with Gasteiger partial charge in [0.1, 0.15) is 18.6 Å². The summed E-state index contributed by atoms with van der Waals surface area (Å²) in [5.41, 5.74) is 2.76. The van der Waals surface area contributed by atoms with E-state index in [4.69, 9.17) is 31.3 Å². The van der Waals surface area contributed by atoms with E-state index in [0.29, 0.717) is 59.7 Å². The van der Waals surface area contributed by atoms with Crippen molar-refractivity contribution in [3.05, 3.63) is 41.3 Å². The zero-order chi connectivity index (χ0) is 29.2. The van der Waals surface area contributed by atoms with Gasteiger partial charge in [0.05, 0.1) is 32.7 Å². The Morgan fingerprint density at radius 1 is 1.24 bits per heavy atom. The largest absolute Gasteiger partial charge is 0.461 e. The van der Waals surface area contributed by atoms with Gasteiger partial charge in [0.25, 0.3) is 0 Å². The Kier molecular flexibility index (Phi) is 6.98. The first-order valence-corrected chi connectivity index (χ1v) is 15.2. The van der Waals surface area contributed by atoms with Crippen LogP contribution in [0.5, 0.6) is 6.01 Å². The molecule has 7 rings (SSSR count). The van der Waals surface area contributed by atoms with E-state index in [9.17, 15) is 4.39 Å². The van der Waals surface area contributed by atoms with Crippen molar-refractivity contribution in [1.29, 1.82) is 0 Å². The molecule has 2 bridgehead atoms. The van der Waals surface area contributed by atoms with E-state index in [0.717, 1.165) is 56.5 Å². The number of allylic oxidation sites excluding steroid dienone is 1. The van der Waals surface area contributed by atoms with Gasteiger partial charge >= 0.3 is 6.01 Å². The number of piperazine rings is 1. The third kappa shape index (κ3) is 4.59. The molecule has 222 valence electrons. The van der Waals surface area contributed by atoms with Crippen molar-refractivity contribution in [2.45, 2.75) is 62.8 Å². The van der Waals surface area contributed by atoms with Crippen LogP contribution in [0.4, 0.5) is 20.3 Å². The second-order valence-electron chi connectivity index (χ2n) is 12.3. The molecule has 0 spiro atoms. The number of fused-ring (bicyclic) bond motifs is 4. The molecule has 2 aromatic heterocycles. The first-order valence-electron chi connectivity index (χ1n) is 14.8. The van der Waals surface area contributed by atoms with E-state index >= 15 is 4.39 Å². The Hall–Kier alpha value is -3.08. The van der Waals surface area contributed by atoms with E-state index in [1.165, 1.54) is 6.07 Å². The van der Waals surface area contributed by atoms with Crippen molar-refractivity contribution in [1.82, 2.24) is 25.2 Å². The molecule has 4 atom stereocenters. The Labute approximate surface area is 249 Å². The molecule has 2 unspecified atom stereocenters. The standard InChI is InChI=1S/C31H36ClF2N7O/c1-17(2)24-27-21(12-36-28(24)25-23(35-3)8-7-22(32)26(25)34)29(40-14-19-5-6-20(15-40)37-19)39-30(38-27)42-16-31-9-4-10-41(31)13-18(33)11-31/h7-8,12,18-20,35,37H,1,4-6,9-11,13-16H2,2-3H3/t18-,19?,20?,31+/m1/s1. The lowest BCUT2D eigenvalue weighted by Crippen LogP contribution is -2.51. The lowest BCUT2D eigenvalue weighted by molar-refractivity contribution is 0.107. The van der Waals surface area contributed by atoms with E-state index < -0.39 is 12.0 Å². The SMILES string of the molecule is C=C(C)c1c(-c2c(NC)ccc(Cl)c2F)ncc2c(N3CC4CCC(C3)N4)nc(OC[C@@]34CCCN3C[C@H](F)C4)nc12. The number of hydrogen-bond donors (Lipinski definition) is 2. The number of anilines is 2. The number of alkyl halides is 1. The highest BCUT2D eigenvalue weighted by Crippen LogP contribution is 2.43. The molecular weight excluding hydrogens is 560 g/mol. The number of halogens is 3. The van der Waals surface area contributed by atoms with Crippen LogP contribution in [0.25, 0.3) is 27.7 Å². The fraction of sp³-hybridized carbons (Fsp3) is 0.516. The molecule has 8 nitrogen and oxygen atoms in total. The van der Waals surface area contributed by atoms with E-state index in [2.05, 4.69) is 27.0 Å². The lowest BCUT2D eigenvalue weighted by atomic mass is 9.95. The van der Waals surface area contributed by atoms with Crippen LogP contribution in [0, 0.1) is 5.82 Å². The topological polar surface area (TPSA) is 78.4 Å². The summed E-state index contributed by atoms with van der Waals surface area (Å²) in [5.74, 6) is 0.177. The average molecular weight is 596 g/mol. The summed E-state index contributed by atoms with van der Waals surface area (Å²) in [5, 5.41) is 7.51. The number of ether oxygens (including phenoxy) is 1. The Morgan fingerprint density at radius 2 is 2.02 bits per heavy atom. The molecule has 4 aliphatic rings. The van der Waals surface area contributed by atoms with Crippen LogP contribution in [0.15, 0.2) is 24.9 Å². The first kappa shape index (κ1) is 27.7. The van der Waals surface area contributed by atoms with Crippen molar-refractivity contribution < 1.29 is 13.5 Å². The van der Waals surface area contributed by atoms with Gasteiger partial charge < -0.3 is 20.3 Å². The Morgan fingerprint density at radius 3 is 2.76 bits per heavy atom. The number of pyridine rings is 1. The zero-order valence-corrected chi connectivity index (χ0v) is 24.8. The van der Waals surface area contributed by atoms with Gasteiger partial charge in [-0.3, -0.25) is 9.88 Å². The van der Waals surface area contributed by atoms with Gasteiger partial charge in [0.15, 0.2) is 5.82 Å². The summed E-state index contributed by atoms with van der Waals surface area (Å²) in [6.07, 6.45) is 5.49. The number of nitrogens with one attached hydrogen (secondary N) is 2. The maximum atomic E-state index is 15.6. The van der Waals surface area contributed by atoms with E-state index in [-0.39, 0.29) is 22.1 Å². The number of aromatic nitrogens is 3. The summed E-state index contributed by atoms with van der Waals surface area (Å²) in [6, 6.07) is 4.26. The molecule has 11 heteroatoms. The van der Waals surface area contributed by atoms with Crippen molar-refractivity contribution in [3.63, 3.8) is 0 Å². The number of nitrogens with zero attached hydrogens (tertiary/aromatic N) is 5. The second-order valence-corrected chi connectivity index (χ2v) is 12.7. The van der Waals surface area contributed by atoms with Gasteiger partial charge in [0, 0.05) is 62.6 Å². The van der Waals surface area contributed by atoms with Crippen molar-refractivity contribution in [2.75, 3.05) is 50.1 Å². The highest BCUT2D eigenvalue weighted by atomic mass is 35.5. The molecule has 4 saturated heterocycles. The van der Waals surface area contributed by atoms with Gasteiger partial charge in [-0.1, -0.05) is 18.2 Å². The summed E-state index contributed by atoms with van der Waals surface area (Å²) in [6.45, 7) is 9.37. The molecule has 0 saturated carbocycles. The number of benzene rings is 1. The number of rotatable bonds is 7. The van der Waals surface area contributed by atoms with Gasteiger partial charge in [-0.2, -0.15) is 9.97 Å². The van der Waals surface area contributed by atoms with Crippen molar-refractivity contribution in [2.24, 2.45) is 0 Å². The van der Waals surface area contributed by atoms with Crippen LogP contribution in [-0.2, 0) is 0 Å². The monoisotopic (exact) mass is 595 g/mol. The quantitative estimate of drug-likeness (QED) is 0.373. The van der Waals surface area contributed by atoms with Crippen molar-refractivity contribution >= 4 is 39.6 Å². The van der Waals surface area contributed by atoms with Crippen LogP contribution in [-0.4, -0.2) is 83.5 Å². The average Bonchev–Trinajstić information content (AvgIpc) is 3.62. The minimum atomic E-state index is -0.851. The van der Waals surface area contributed by atoms with E-state index in [1.807, 2.05) is 6.92 Å². The molecular formula is C31H36ClF2N7O. The second kappa shape index (κ2) is 10.6. The van der Waals surface area contributed by atoms with Crippen LogP contribution in [0.3, 0.4) is 0 Å². The smallest absolute Gasteiger partial charge is 0.319 e. The predicted molar refractivity (Wildman–Crippen MR) is 163 cm³/mol. The van der Waals surface area contributed by atoms with Gasteiger partial charge in [-0.25, -0.2) is 8.78 Å². The molecule has 1 aromatic carbocycles. The third-order valence-corrected chi connectivity index (χ3v) is 9.77. The fourth-order valence-electron chi connectivity index (χ4n) is 7.56. The minimum Gasteiger partial charge on any atom is -0.461 e. The van der Waals surface area contributed by atoms with Crippen LogP contribution < -0.4 is 20.3 Å². The number of hydrogen-bond acceptors (Lipinski definition) is 8. The summed E-state index contributed by atoms with van der Waals surface area (Å²) < 4.78 is 36.5. The molecule has 0 amide bonds. The molecule has 2 N–H and O–H groups in total. The molecule has 6 heterocycles. The van der Waals surface area contributed by atoms with Gasteiger partial charge in [-0.15, -0.1) is 0 Å². The summed E-state index contributed by atoms with van der Waals surface area (Å²) in [4.78, 5) is 19.2. The molecule has 0 aliphatic carbocycles.